The largest absolute Gasteiger partial charge is 0.490 e. The fourth-order valence-electron chi connectivity index (χ4n) is 2.43. The maximum absolute atomic E-state index is 11.9. The van der Waals surface area contributed by atoms with Crippen molar-refractivity contribution in [3.8, 4) is 11.5 Å². The smallest absolute Gasteiger partial charge is 0.263 e. The van der Waals surface area contributed by atoms with Gasteiger partial charge in [-0.3, -0.25) is 4.79 Å². The summed E-state index contributed by atoms with van der Waals surface area (Å²) in [5.74, 6) is 0.660. The van der Waals surface area contributed by atoms with E-state index in [1.165, 1.54) is 11.8 Å². The third-order valence-electron chi connectivity index (χ3n) is 3.64. The number of carbonyl (C=O) groups excluding carboxylic acids is 1. The van der Waals surface area contributed by atoms with Gasteiger partial charge in [0, 0.05) is 0 Å². The van der Waals surface area contributed by atoms with Crippen LogP contribution in [0.3, 0.4) is 0 Å². The number of thiocarbonyl (C=S) groups is 1. The molecule has 1 N–H and O–H groups in total. The van der Waals surface area contributed by atoms with Crippen LogP contribution in [0.5, 0.6) is 11.5 Å². The number of ether oxygens (including phenoxy) is 2. The van der Waals surface area contributed by atoms with Gasteiger partial charge in [-0.05, 0) is 48.4 Å². The van der Waals surface area contributed by atoms with Crippen LogP contribution in [0, 0.1) is 0 Å². The Morgan fingerprint density at radius 2 is 1.89 bits per heavy atom. The number of carbonyl (C=O) groups is 1. The Kier molecular flexibility index (Phi) is 7.12. The fraction of sp³-hybridized carbons (Fsp3) is 0.158. The number of thioether (sulfide) groups is 1. The molecule has 1 saturated heterocycles. The van der Waals surface area contributed by atoms with Crippen molar-refractivity contribution in [1.82, 2.24) is 5.32 Å². The number of halogens is 3. The van der Waals surface area contributed by atoms with Crippen LogP contribution in [0.1, 0.15) is 18.1 Å². The van der Waals surface area contributed by atoms with Gasteiger partial charge in [-0.2, -0.15) is 0 Å². The summed E-state index contributed by atoms with van der Waals surface area (Å²) in [5, 5.41) is 3.87. The van der Waals surface area contributed by atoms with Gasteiger partial charge in [0.15, 0.2) is 11.5 Å². The minimum atomic E-state index is -0.232. The van der Waals surface area contributed by atoms with E-state index in [0.717, 1.165) is 5.56 Å². The third kappa shape index (κ3) is 5.13. The number of hydrogen-bond donors (Lipinski definition) is 1. The standard InChI is InChI=1S/C19H14Cl3NO3S2/c1-2-25-15-7-11(8-16-18(24)23-19(27)28-16)6-14(22)17(15)26-9-10-3-4-12(20)13(21)5-10/h3-8H,2,9H2,1H3,(H,23,24,27)/b16-8+. The Morgan fingerprint density at radius 3 is 2.54 bits per heavy atom. The Balaban J connectivity index is 1.86. The molecular formula is C19H14Cl3NO3S2. The van der Waals surface area contributed by atoms with Crippen molar-refractivity contribution in [2.24, 2.45) is 0 Å². The molecule has 1 heterocycles. The minimum Gasteiger partial charge on any atom is -0.490 e. The monoisotopic (exact) mass is 473 g/mol. The van der Waals surface area contributed by atoms with Crippen molar-refractivity contribution in [2.45, 2.75) is 13.5 Å². The molecule has 0 bridgehead atoms. The Bertz CT molecular complexity index is 979. The van der Waals surface area contributed by atoms with Crippen molar-refractivity contribution < 1.29 is 14.3 Å². The average molecular weight is 475 g/mol. The number of benzene rings is 2. The maximum atomic E-state index is 11.9. The molecule has 0 atom stereocenters. The van der Waals surface area contributed by atoms with Gasteiger partial charge in [-0.15, -0.1) is 0 Å². The predicted molar refractivity (Wildman–Crippen MR) is 120 cm³/mol. The lowest BCUT2D eigenvalue weighted by atomic mass is 10.1. The van der Waals surface area contributed by atoms with Gasteiger partial charge in [0.1, 0.15) is 10.9 Å². The van der Waals surface area contributed by atoms with E-state index in [9.17, 15) is 4.79 Å². The fourth-order valence-corrected chi connectivity index (χ4v) is 4.07. The van der Waals surface area contributed by atoms with Gasteiger partial charge in [-0.1, -0.05) is 64.8 Å². The van der Waals surface area contributed by atoms with Crippen molar-refractivity contribution >= 4 is 75.1 Å². The topological polar surface area (TPSA) is 47.6 Å². The van der Waals surface area contributed by atoms with Crippen molar-refractivity contribution in [3.05, 3.63) is 61.4 Å². The molecule has 1 aliphatic rings. The van der Waals surface area contributed by atoms with E-state index < -0.39 is 0 Å². The molecule has 0 aromatic heterocycles. The first-order valence-electron chi connectivity index (χ1n) is 8.15. The number of hydrogen-bond acceptors (Lipinski definition) is 5. The molecule has 4 nitrogen and oxygen atoms in total. The molecule has 0 unspecified atom stereocenters. The van der Waals surface area contributed by atoms with Crippen molar-refractivity contribution in [1.29, 1.82) is 0 Å². The first-order chi connectivity index (χ1) is 13.4. The zero-order valence-electron chi connectivity index (χ0n) is 14.6. The summed E-state index contributed by atoms with van der Waals surface area (Å²) in [7, 11) is 0. The van der Waals surface area contributed by atoms with Crippen LogP contribution >= 0.6 is 58.8 Å². The molecule has 146 valence electrons. The van der Waals surface area contributed by atoms with Gasteiger partial charge in [0.25, 0.3) is 5.91 Å². The molecule has 0 aliphatic carbocycles. The quantitative estimate of drug-likeness (QED) is 0.404. The molecule has 9 heteroatoms. The number of nitrogens with one attached hydrogen (secondary N) is 1. The minimum absolute atomic E-state index is 0.232. The molecule has 0 saturated carbocycles. The van der Waals surface area contributed by atoms with E-state index in [1.54, 1.807) is 30.3 Å². The summed E-state index contributed by atoms with van der Waals surface area (Å²) in [4.78, 5) is 12.4. The molecule has 1 aliphatic heterocycles. The molecule has 3 rings (SSSR count). The summed E-state index contributed by atoms with van der Waals surface area (Å²) < 4.78 is 12.0. The molecule has 2 aromatic carbocycles. The lowest BCUT2D eigenvalue weighted by molar-refractivity contribution is -0.115. The van der Waals surface area contributed by atoms with Crippen molar-refractivity contribution in [2.75, 3.05) is 6.61 Å². The van der Waals surface area contributed by atoms with Crippen LogP contribution in [0.15, 0.2) is 35.2 Å². The van der Waals surface area contributed by atoms with Crippen LogP contribution < -0.4 is 14.8 Å². The first-order valence-corrected chi connectivity index (χ1v) is 10.5. The van der Waals surface area contributed by atoms with Gasteiger partial charge in [0.05, 0.1) is 26.6 Å². The van der Waals surface area contributed by atoms with Crippen LogP contribution in [-0.2, 0) is 11.4 Å². The highest BCUT2D eigenvalue weighted by atomic mass is 35.5. The molecule has 0 radical (unpaired) electrons. The number of rotatable bonds is 6. The molecule has 2 aromatic rings. The lowest BCUT2D eigenvalue weighted by Crippen LogP contribution is -2.17. The molecular weight excluding hydrogens is 461 g/mol. The number of amides is 1. The summed E-state index contributed by atoms with van der Waals surface area (Å²) in [6.07, 6.45) is 1.70. The van der Waals surface area contributed by atoms with E-state index >= 15 is 0 Å². The second-order valence-electron chi connectivity index (χ2n) is 5.65. The molecule has 1 amide bonds. The summed E-state index contributed by atoms with van der Waals surface area (Å²) in [5.41, 5.74) is 1.55. The van der Waals surface area contributed by atoms with Crippen LogP contribution in [0.4, 0.5) is 0 Å². The SMILES string of the molecule is CCOc1cc(/C=C2/SC(=S)NC2=O)cc(Cl)c1OCc1ccc(Cl)c(Cl)c1. The average Bonchev–Trinajstić information content (AvgIpc) is 2.94. The normalized spacial score (nSPS) is 15.1. The van der Waals surface area contributed by atoms with Gasteiger partial charge < -0.3 is 14.8 Å². The maximum Gasteiger partial charge on any atom is 0.263 e. The molecule has 1 fully saturated rings. The van der Waals surface area contributed by atoms with Crippen LogP contribution in [-0.4, -0.2) is 16.8 Å². The van der Waals surface area contributed by atoms with Gasteiger partial charge >= 0.3 is 0 Å². The summed E-state index contributed by atoms with van der Waals surface area (Å²) in [6.45, 7) is 2.53. The Morgan fingerprint density at radius 1 is 1.11 bits per heavy atom. The predicted octanol–water partition coefficient (Wildman–Crippen LogP) is 6.11. The Hall–Kier alpha value is -1.44. The van der Waals surface area contributed by atoms with E-state index in [1.807, 2.05) is 13.0 Å². The van der Waals surface area contributed by atoms with Gasteiger partial charge in [-0.25, -0.2) is 0 Å². The summed E-state index contributed by atoms with van der Waals surface area (Å²) >= 11 is 24.6. The van der Waals surface area contributed by atoms with E-state index in [2.05, 4.69) is 5.32 Å². The van der Waals surface area contributed by atoms with Crippen LogP contribution in [0.25, 0.3) is 6.08 Å². The zero-order valence-corrected chi connectivity index (χ0v) is 18.5. The van der Waals surface area contributed by atoms with Crippen molar-refractivity contribution in [3.63, 3.8) is 0 Å². The van der Waals surface area contributed by atoms with E-state index in [4.69, 9.17) is 56.5 Å². The van der Waals surface area contributed by atoms with Gasteiger partial charge in [0.2, 0.25) is 0 Å². The summed E-state index contributed by atoms with van der Waals surface area (Å²) in [6, 6.07) is 8.73. The highest BCUT2D eigenvalue weighted by Gasteiger charge is 2.22. The zero-order chi connectivity index (χ0) is 20.3. The molecule has 0 spiro atoms. The third-order valence-corrected chi connectivity index (χ3v) is 5.82. The second-order valence-corrected chi connectivity index (χ2v) is 8.59. The second kappa shape index (κ2) is 9.37. The highest BCUT2D eigenvalue weighted by Crippen LogP contribution is 2.39. The highest BCUT2D eigenvalue weighted by molar-refractivity contribution is 8.26. The van der Waals surface area contributed by atoms with Crippen LogP contribution in [0.2, 0.25) is 15.1 Å². The molecule has 28 heavy (non-hydrogen) atoms. The first kappa shape index (κ1) is 21.3. The van der Waals surface area contributed by atoms with E-state index in [-0.39, 0.29) is 12.5 Å². The van der Waals surface area contributed by atoms with E-state index in [0.29, 0.717) is 48.0 Å². The lowest BCUT2D eigenvalue weighted by Gasteiger charge is -2.15. The Labute approximate surface area is 187 Å².